The molecule has 3 heterocycles. The summed E-state index contributed by atoms with van der Waals surface area (Å²) in [6, 6.07) is 1.88. The van der Waals surface area contributed by atoms with E-state index in [9.17, 15) is 13.2 Å². The zero-order valence-electron chi connectivity index (χ0n) is 17.0. The Labute approximate surface area is 171 Å². The highest BCUT2D eigenvalue weighted by Gasteiger charge is 2.30. The number of rotatable bonds is 6. The molecule has 2 aliphatic rings. The predicted octanol–water partition coefficient (Wildman–Crippen LogP) is 0.516. The number of piperazine rings is 1. The Morgan fingerprint density at radius 2 is 1.86 bits per heavy atom. The van der Waals surface area contributed by atoms with Gasteiger partial charge in [-0.25, -0.2) is 18.1 Å². The van der Waals surface area contributed by atoms with Gasteiger partial charge in [-0.1, -0.05) is 0 Å². The highest BCUT2D eigenvalue weighted by atomic mass is 32.2. The predicted molar refractivity (Wildman–Crippen MR) is 108 cm³/mol. The molecule has 0 spiro atoms. The SMILES string of the molecule is CC(C)n1cnc(S(=O)(=O)N2CCN(CCn3nc4c(cc3=O)CCC4)CC2)c1. The first kappa shape index (κ1) is 20.2. The largest absolute Gasteiger partial charge is 0.334 e. The van der Waals surface area contributed by atoms with E-state index >= 15 is 0 Å². The summed E-state index contributed by atoms with van der Waals surface area (Å²) in [4.78, 5) is 18.5. The van der Waals surface area contributed by atoms with E-state index in [0.717, 1.165) is 30.5 Å². The van der Waals surface area contributed by atoms with Crippen LogP contribution in [-0.4, -0.2) is 69.7 Å². The van der Waals surface area contributed by atoms with Crippen LogP contribution in [0.5, 0.6) is 0 Å². The number of aryl methyl sites for hydroxylation is 2. The third kappa shape index (κ3) is 4.15. The molecule has 10 heteroatoms. The van der Waals surface area contributed by atoms with Crippen LogP contribution in [0.1, 0.15) is 37.6 Å². The molecule has 1 fully saturated rings. The maximum Gasteiger partial charge on any atom is 0.267 e. The summed E-state index contributed by atoms with van der Waals surface area (Å²) < 4.78 is 30.5. The summed E-state index contributed by atoms with van der Waals surface area (Å²) in [6.45, 7) is 7.27. The molecule has 1 saturated heterocycles. The summed E-state index contributed by atoms with van der Waals surface area (Å²) in [6.07, 6.45) is 6.12. The number of nitrogens with zero attached hydrogens (tertiary/aromatic N) is 6. The van der Waals surface area contributed by atoms with E-state index in [1.54, 1.807) is 27.8 Å². The van der Waals surface area contributed by atoms with Crippen molar-refractivity contribution in [1.82, 2.24) is 28.5 Å². The lowest BCUT2D eigenvalue weighted by atomic mass is 10.2. The highest BCUT2D eigenvalue weighted by molar-refractivity contribution is 7.89. The average molecular weight is 421 g/mol. The van der Waals surface area contributed by atoms with E-state index in [-0.39, 0.29) is 16.6 Å². The number of aromatic nitrogens is 4. The Bertz CT molecular complexity index is 1030. The summed E-state index contributed by atoms with van der Waals surface area (Å²) >= 11 is 0. The second-order valence-electron chi connectivity index (χ2n) is 8.03. The van der Waals surface area contributed by atoms with Crippen molar-refractivity contribution in [1.29, 1.82) is 0 Å². The van der Waals surface area contributed by atoms with Crippen LogP contribution in [0.3, 0.4) is 0 Å². The quantitative estimate of drug-likeness (QED) is 0.676. The van der Waals surface area contributed by atoms with E-state index in [1.165, 1.54) is 4.31 Å². The zero-order chi connectivity index (χ0) is 20.6. The second-order valence-corrected chi connectivity index (χ2v) is 9.91. The average Bonchev–Trinajstić information content (AvgIpc) is 3.36. The Hall–Kier alpha value is -2.04. The minimum Gasteiger partial charge on any atom is -0.334 e. The first-order valence-electron chi connectivity index (χ1n) is 10.2. The van der Waals surface area contributed by atoms with E-state index in [0.29, 0.717) is 39.3 Å². The van der Waals surface area contributed by atoms with Crippen molar-refractivity contribution in [2.75, 3.05) is 32.7 Å². The molecule has 0 aromatic carbocycles. The Morgan fingerprint density at radius 3 is 2.55 bits per heavy atom. The van der Waals surface area contributed by atoms with Crippen LogP contribution in [0.2, 0.25) is 0 Å². The topological polar surface area (TPSA) is 93.3 Å². The molecule has 0 atom stereocenters. The molecule has 2 aromatic rings. The van der Waals surface area contributed by atoms with Crippen LogP contribution in [0.25, 0.3) is 0 Å². The van der Waals surface area contributed by atoms with Crippen LogP contribution in [0.15, 0.2) is 28.4 Å². The first-order valence-corrected chi connectivity index (χ1v) is 11.6. The third-order valence-corrected chi connectivity index (χ3v) is 7.55. The maximum absolute atomic E-state index is 12.8. The Balaban J connectivity index is 1.34. The molecule has 9 nitrogen and oxygen atoms in total. The molecular weight excluding hydrogens is 392 g/mol. The van der Waals surface area contributed by atoms with Crippen LogP contribution < -0.4 is 5.56 Å². The number of imidazole rings is 1. The third-order valence-electron chi connectivity index (χ3n) is 5.76. The van der Waals surface area contributed by atoms with Crippen molar-refractivity contribution in [3.8, 4) is 0 Å². The zero-order valence-corrected chi connectivity index (χ0v) is 17.8. The van der Waals surface area contributed by atoms with Gasteiger partial charge in [0.15, 0.2) is 5.03 Å². The Kier molecular flexibility index (Phi) is 5.58. The van der Waals surface area contributed by atoms with E-state index in [4.69, 9.17) is 0 Å². The molecule has 29 heavy (non-hydrogen) atoms. The molecule has 4 rings (SSSR count). The van der Waals surface area contributed by atoms with Crippen molar-refractivity contribution in [3.63, 3.8) is 0 Å². The van der Waals surface area contributed by atoms with Gasteiger partial charge < -0.3 is 4.57 Å². The fraction of sp³-hybridized carbons (Fsp3) is 0.632. The van der Waals surface area contributed by atoms with Gasteiger partial charge in [0.1, 0.15) is 0 Å². The fourth-order valence-electron chi connectivity index (χ4n) is 3.89. The summed E-state index contributed by atoms with van der Waals surface area (Å²) in [5, 5.41) is 4.61. The van der Waals surface area contributed by atoms with E-state index in [1.807, 2.05) is 13.8 Å². The molecule has 1 aliphatic heterocycles. The smallest absolute Gasteiger partial charge is 0.267 e. The lowest BCUT2D eigenvalue weighted by Crippen LogP contribution is -2.49. The van der Waals surface area contributed by atoms with Crippen LogP contribution >= 0.6 is 0 Å². The van der Waals surface area contributed by atoms with E-state index < -0.39 is 10.0 Å². The molecule has 0 unspecified atom stereocenters. The van der Waals surface area contributed by atoms with Crippen LogP contribution in [-0.2, 0) is 29.4 Å². The molecule has 158 valence electrons. The van der Waals surface area contributed by atoms with Crippen molar-refractivity contribution < 1.29 is 8.42 Å². The standard InChI is InChI=1S/C19H28N6O3S/c1-15(2)23-13-18(20-14-23)29(27,28)24-9-6-22(7-10-24)8-11-25-19(26)12-16-4-3-5-17(16)21-25/h12-15H,3-11H2,1-2H3. The molecule has 2 aromatic heterocycles. The van der Waals surface area contributed by atoms with Crippen LogP contribution in [0, 0.1) is 0 Å². The van der Waals surface area contributed by atoms with Crippen molar-refractivity contribution in [2.45, 2.75) is 50.7 Å². The van der Waals surface area contributed by atoms with Gasteiger partial charge in [0.2, 0.25) is 0 Å². The molecule has 0 bridgehead atoms. The minimum atomic E-state index is -3.57. The molecule has 1 aliphatic carbocycles. The van der Waals surface area contributed by atoms with Gasteiger partial charge in [0.05, 0.1) is 18.6 Å². The summed E-state index contributed by atoms with van der Waals surface area (Å²) in [5.41, 5.74) is 2.08. The van der Waals surface area contributed by atoms with Gasteiger partial charge in [-0.3, -0.25) is 9.69 Å². The normalized spacial score (nSPS) is 18.4. The minimum absolute atomic E-state index is 0.0485. The van der Waals surface area contributed by atoms with Gasteiger partial charge in [0.25, 0.3) is 15.6 Å². The van der Waals surface area contributed by atoms with Gasteiger partial charge >= 0.3 is 0 Å². The Morgan fingerprint density at radius 1 is 1.10 bits per heavy atom. The van der Waals surface area contributed by atoms with Gasteiger partial charge in [-0.2, -0.15) is 9.40 Å². The maximum atomic E-state index is 12.8. The molecule has 0 saturated carbocycles. The van der Waals surface area contributed by atoms with Crippen molar-refractivity contribution in [3.05, 3.63) is 40.2 Å². The first-order chi connectivity index (χ1) is 13.8. The van der Waals surface area contributed by atoms with Gasteiger partial charge in [-0.15, -0.1) is 0 Å². The summed E-state index contributed by atoms with van der Waals surface area (Å²) in [7, 11) is -3.57. The number of sulfonamides is 1. The van der Waals surface area contributed by atoms with Gasteiger partial charge in [0, 0.05) is 51.0 Å². The highest BCUT2D eigenvalue weighted by Crippen LogP contribution is 2.18. The van der Waals surface area contributed by atoms with Crippen molar-refractivity contribution >= 4 is 10.0 Å². The molecular formula is C19H28N6O3S. The van der Waals surface area contributed by atoms with Crippen LogP contribution in [0.4, 0.5) is 0 Å². The van der Waals surface area contributed by atoms with E-state index in [2.05, 4.69) is 15.0 Å². The second kappa shape index (κ2) is 8.00. The summed E-state index contributed by atoms with van der Waals surface area (Å²) in [5.74, 6) is 0. The van der Waals surface area contributed by atoms with Gasteiger partial charge in [-0.05, 0) is 38.7 Å². The monoisotopic (exact) mass is 420 g/mol. The number of hydrogen-bond donors (Lipinski definition) is 0. The molecule has 0 N–H and O–H groups in total. The fourth-order valence-corrected chi connectivity index (χ4v) is 5.24. The van der Waals surface area contributed by atoms with Crippen molar-refractivity contribution in [2.24, 2.45) is 0 Å². The number of hydrogen-bond acceptors (Lipinski definition) is 6. The lowest BCUT2D eigenvalue weighted by Gasteiger charge is -2.33. The molecule has 0 radical (unpaired) electrons. The lowest BCUT2D eigenvalue weighted by molar-refractivity contribution is 0.180. The molecule has 0 amide bonds. The number of fused-ring (bicyclic) bond motifs is 1.